The topological polar surface area (TPSA) is 21.3 Å². The molecule has 0 amide bonds. The molecule has 2 nitrogen and oxygen atoms in total. The highest BCUT2D eigenvalue weighted by atomic mass is 16.5. The molecule has 1 rings (SSSR count). The van der Waals surface area contributed by atoms with Gasteiger partial charge >= 0.3 is 0 Å². The first kappa shape index (κ1) is 17.0. The van der Waals surface area contributed by atoms with Crippen LogP contribution in [-0.2, 0) is 4.74 Å². The van der Waals surface area contributed by atoms with Crippen molar-refractivity contribution in [2.24, 2.45) is 5.41 Å². The highest BCUT2D eigenvalue weighted by Gasteiger charge is 2.32. The Morgan fingerprint density at radius 2 is 2.00 bits per heavy atom. The first-order valence-corrected chi connectivity index (χ1v) is 8.28. The lowest BCUT2D eigenvalue weighted by atomic mass is 9.85. The van der Waals surface area contributed by atoms with E-state index in [2.05, 4.69) is 39.9 Å². The quantitative estimate of drug-likeness (QED) is 0.654. The molecule has 19 heavy (non-hydrogen) atoms. The normalized spacial score (nSPS) is 28.6. The van der Waals surface area contributed by atoms with Crippen LogP contribution in [0.2, 0.25) is 0 Å². The zero-order valence-electron chi connectivity index (χ0n) is 13.8. The Balaban J connectivity index is 2.30. The van der Waals surface area contributed by atoms with E-state index in [-0.39, 0.29) is 5.60 Å². The highest BCUT2D eigenvalue weighted by molar-refractivity contribution is 4.86. The van der Waals surface area contributed by atoms with Crippen LogP contribution in [0.25, 0.3) is 0 Å². The van der Waals surface area contributed by atoms with Crippen molar-refractivity contribution in [1.29, 1.82) is 0 Å². The number of ether oxygens (including phenoxy) is 1. The zero-order chi connectivity index (χ0) is 14.4. The molecule has 0 aromatic heterocycles. The van der Waals surface area contributed by atoms with Gasteiger partial charge in [0.25, 0.3) is 0 Å². The highest BCUT2D eigenvalue weighted by Crippen LogP contribution is 2.29. The zero-order valence-corrected chi connectivity index (χ0v) is 13.8. The number of rotatable bonds is 8. The van der Waals surface area contributed by atoms with Gasteiger partial charge in [-0.25, -0.2) is 0 Å². The molecule has 0 spiro atoms. The molecule has 1 saturated heterocycles. The van der Waals surface area contributed by atoms with Crippen LogP contribution in [0.1, 0.15) is 79.6 Å². The molecular weight excluding hydrogens is 234 g/mol. The Bertz CT molecular complexity index is 252. The average Bonchev–Trinajstić information content (AvgIpc) is 2.37. The molecular formula is C17H35NO. The van der Waals surface area contributed by atoms with Crippen molar-refractivity contribution in [3.63, 3.8) is 0 Å². The molecule has 1 fully saturated rings. The van der Waals surface area contributed by atoms with E-state index in [0.717, 1.165) is 26.0 Å². The van der Waals surface area contributed by atoms with E-state index in [1.807, 2.05) is 0 Å². The maximum absolute atomic E-state index is 5.92. The van der Waals surface area contributed by atoms with Crippen LogP contribution in [0.15, 0.2) is 0 Å². The summed E-state index contributed by atoms with van der Waals surface area (Å²) in [5.41, 5.74) is 0.526. The SMILES string of the molecule is CCCCCC(C)(C)CNC1CCOC(C)(CC)C1. The Labute approximate surface area is 120 Å². The number of unbranched alkanes of at least 4 members (excludes halogenated alkanes) is 2. The largest absolute Gasteiger partial charge is 0.375 e. The summed E-state index contributed by atoms with van der Waals surface area (Å²) in [6, 6.07) is 0.643. The van der Waals surface area contributed by atoms with E-state index < -0.39 is 0 Å². The molecule has 2 heteroatoms. The van der Waals surface area contributed by atoms with Crippen LogP contribution in [0.4, 0.5) is 0 Å². The molecule has 0 bridgehead atoms. The second-order valence-corrected chi connectivity index (χ2v) is 7.34. The first-order chi connectivity index (χ1) is 8.91. The van der Waals surface area contributed by atoms with E-state index in [1.54, 1.807) is 0 Å². The van der Waals surface area contributed by atoms with Gasteiger partial charge in [-0.3, -0.25) is 0 Å². The van der Waals surface area contributed by atoms with Crippen LogP contribution in [0, 0.1) is 5.41 Å². The minimum absolute atomic E-state index is 0.0995. The predicted octanol–water partition coefficient (Wildman–Crippen LogP) is 4.53. The van der Waals surface area contributed by atoms with Gasteiger partial charge in [0.1, 0.15) is 0 Å². The van der Waals surface area contributed by atoms with E-state index in [1.165, 1.54) is 32.1 Å². The minimum Gasteiger partial charge on any atom is -0.375 e. The molecule has 1 heterocycles. The Morgan fingerprint density at radius 3 is 2.63 bits per heavy atom. The summed E-state index contributed by atoms with van der Waals surface area (Å²) in [7, 11) is 0. The van der Waals surface area contributed by atoms with Crippen molar-refractivity contribution in [2.45, 2.75) is 91.2 Å². The standard InChI is InChI=1S/C17H35NO/c1-6-8-9-11-16(3,4)14-18-15-10-12-19-17(5,7-2)13-15/h15,18H,6-14H2,1-5H3. The van der Waals surface area contributed by atoms with Gasteiger partial charge in [0.05, 0.1) is 5.60 Å². The van der Waals surface area contributed by atoms with E-state index in [4.69, 9.17) is 4.74 Å². The molecule has 0 radical (unpaired) electrons. The predicted molar refractivity (Wildman–Crippen MR) is 83.6 cm³/mol. The molecule has 2 atom stereocenters. The van der Waals surface area contributed by atoms with Crippen molar-refractivity contribution in [2.75, 3.05) is 13.2 Å². The van der Waals surface area contributed by atoms with Crippen molar-refractivity contribution < 1.29 is 4.74 Å². The fraction of sp³-hybridized carbons (Fsp3) is 1.00. The number of hydrogen-bond acceptors (Lipinski definition) is 2. The van der Waals surface area contributed by atoms with Crippen molar-refractivity contribution in [3.05, 3.63) is 0 Å². The van der Waals surface area contributed by atoms with E-state index in [0.29, 0.717) is 11.5 Å². The molecule has 1 N–H and O–H groups in total. The van der Waals surface area contributed by atoms with Crippen LogP contribution in [-0.4, -0.2) is 24.8 Å². The summed E-state index contributed by atoms with van der Waals surface area (Å²) in [4.78, 5) is 0. The van der Waals surface area contributed by atoms with Crippen LogP contribution in [0.5, 0.6) is 0 Å². The lowest BCUT2D eigenvalue weighted by Crippen LogP contribution is -2.47. The summed E-state index contributed by atoms with van der Waals surface area (Å²) >= 11 is 0. The summed E-state index contributed by atoms with van der Waals surface area (Å²) in [5.74, 6) is 0. The average molecular weight is 269 g/mol. The minimum atomic E-state index is 0.0995. The molecule has 0 saturated carbocycles. The maximum Gasteiger partial charge on any atom is 0.0666 e. The van der Waals surface area contributed by atoms with Crippen molar-refractivity contribution >= 4 is 0 Å². The summed E-state index contributed by atoms with van der Waals surface area (Å²) in [6.45, 7) is 13.6. The second kappa shape index (κ2) is 7.64. The van der Waals surface area contributed by atoms with Crippen LogP contribution >= 0.6 is 0 Å². The first-order valence-electron chi connectivity index (χ1n) is 8.28. The molecule has 1 aliphatic heterocycles. The lowest BCUT2D eigenvalue weighted by Gasteiger charge is -2.39. The van der Waals surface area contributed by atoms with Gasteiger partial charge in [-0.2, -0.15) is 0 Å². The third-order valence-electron chi connectivity index (χ3n) is 4.67. The molecule has 2 unspecified atom stereocenters. The van der Waals surface area contributed by atoms with Gasteiger partial charge in [-0.05, 0) is 38.0 Å². The molecule has 114 valence electrons. The monoisotopic (exact) mass is 269 g/mol. The maximum atomic E-state index is 5.92. The van der Waals surface area contributed by atoms with Gasteiger partial charge in [0, 0.05) is 19.2 Å². The Kier molecular flexibility index (Phi) is 6.82. The smallest absolute Gasteiger partial charge is 0.0666 e. The third kappa shape index (κ3) is 6.27. The lowest BCUT2D eigenvalue weighted by molar-refractivity contribution is -0.0787. The van der Waals surface area contributed by atoms with E-state index in [9.17, 15) is 0 Å². The fourth-order valence-electron chi connectivity index (χ4n) is 2.91. The molecule has 0 aromatic carbocycles. The van der Waals surface area contributed by atoms with Crippen LogP contribution < -0.4 is 5.32 Å². The molecule has 0 aromatic rings. The molecule has 0 aliphatic carbocycles. The fourth-order valence-corrected chi connectivity index (χ4v) is 2.91. The van der Waals surface area contributed by atoms with Gasteiger partial charge in [-0.1, -0.05) is 47.0 Å². The van der Waals surface area contributed by atoms with Crippen molar-refractivity contribution in [3.8, 4) is 0 Å². The second-order valence-electron chi connectivity index (χ2n) is 7.34. The summed E-state index contributed by atoms with van der Waals surface area (Å²) < 4.78 is 5.92. The Hall–Kier alpha value is -0.0800. The third-order valence-corrected chi connectivity index (χ3v) is 4.67. The van der Waals surface area contributed by atoms with Gasteiger partial charge in [0.2, 0.25) is 0 Å². The van der Waals surface area contributed by atoms with Gasteiger partial charge < -0.3 is 10.1 Å². The van der Waals surface area contributed by atoms with E-state index >= 15 is 0 Å². The molecule has 1 aliphatic rings. The number of nitrogens with one attached hydrogen (secondary N) is 1. The summed E-state index contributed by atoms with van der Waals surface area (Å²) in [5, 5.41) is 3.80. The van der Waals surface area contributed by atoms with Gasteiger partial charge in [0.15, 0.2) is 0 Å². The summed E-state index contributed by atoms with van der Waals surface area (Å²) in [6.07, 6.45) is 8.83. The number of hydrogen-bond donors (Lipinski definition) is 1. The van der Waals surface area contributed by atoms with Crippen molar-refractivity contribution in [1.82, 2.24) is 5.32 Å². The van der Waals surface area contributed by atoms with Gasteiger partial charge in [-0.15, -0.1) is 0 Å². The Morgan fingerprint density at radius 1 is 1.26 bits per heavy atom. The van der Waals surface area contributed by atoms with Crippen LogP contribution in [0.3, 0.4) is 0 Å².